The zero-order valence-electron chi connectivity index (χ0n) is 34.0. The molecule has 15 N–H and O–H groups in total. The van der Waals surface area contributed by atoms with E-state index >= 15 is 0 Å². The summed E-state index contributed by atoms with van der Waals surface area (Å²) >= 11 is 1.26. The maximum atomic E-state index is 13.8. The molecule has 9 atom stereocenters. The number of benzene rings is 1. The van der Waals surface area contributed by atoms with E-state index in [0.717, 1.165) is 6.92 Å². The number of phenols is 1. The summed E-state index contributed by atoms with van der Waals surface area (Å²) in [5.41, 5.74) is 11.6. The second-order valence-electron chi connectivity index (χ2n) is 14.1. The molecule has 1 rings (SSSR count). The zero-order chi connectivity index (χ0) is 46.6. The van der Waals surface area contributed by atoms with Crippen LogP contribution in [0.5, 0.6) is 5.75 Å². The van der Waals surface area contributed by atoms with Gasteiger partial charge in [0.15, 0.2) is 0 Å². The summed E-state index contributed by atoms with van der Waals surface area (Å²) < 4.78 is 0. The molecule has 0 fully saturated rings. The minimum Gasteiger partial charge on any atom is -0.508 e. The number of amides is 7. The number of carboxylic acid groups (broad SMARTS) is 3. The average Bonchev–Trinajstić information content (AvgIpc) is 3.17. The number of rotatable bonds is 28. The molecule has 340 valence electrons. The van der Waals surface area contributed by atoms with E-state index in [1.807, 2.05) is 0 Å². The predicted molar refractivity (Wildman–Crippen MR) is 216 cm³/mol. The van der Waals surface area contributed by atoms with Crippen molar-refractivity contribution in [2.24, 2.45) is 17.4 Å². The normalized spacial score (nSPS) is 15.4. The van der Waals surface area contributed by atoms with Crippen LogP contribution in [0.2, 0.25) is 0 Å². The number of carboxylic acids is 3. The number of aliphatic carboxylic acids is 3. The van der Waals surface area contributed by atoms with Gasteiger partial charge in [-0.15, -0.1) is 0 Å². The molecule has 0 saturated carbocycles. The molecule has 0 aromatic heterocycles. The van der Waals surface area contributed by atoms with E-state index in [0.29, 0.717) is 5.56 Å². The minimum atomic E-state index is -1.90. The Morgan fingerprint density at radius 2 is 1.15 bits per heavy atom. The third kappa shape index (κ3) is 19.3. The van der Waals surface area contributed by atoms with E-state index in [-0.39, 0.29) is 30.8 Å². The first kappa shape index (κ1) is 53.0. The molecule has 0 heterocycles. The molecule has 1 aromatic rings. The Balaban J connectivity index is 3.32. The molecular formula is C37H56N8O15S. The number of nitrogens with one attached hydrogen (secondary N) is 6. The first-order valence-corrected chi connectivity index (χ1v) is 20.4. The summed E-state index contributed by atoms with van der Waals surface area (Å²) in [6.45, 7) is 4.27. The molecule has 0 aliphatic heterocycles. The lowest BCUT2D eigenvalue weighted by molar-refractivity contribution is -0.144. The van der Waals surface area contributed by atoms with Gasteiger partial charge in [0.2, 0.25) is 41.4 Å². The minimum absolute atomic E-state index is 0.0273. The number of hydrogen-bond acceptors (Lipinski definition) is 14. The standard InChI is InChI=1S/C37H56N8O15S/c1-5-17(2)29(35(57)41-22(10-11-27(49)50)32(54)40-23(12-13-61-4)33(55)43-25(37(59)60)15-26(39)48)44-34(56)24(16-28(51)52)42-36(58)30(18(3)46)45-31(53)21(38)14-19-6-8-20(47)9-7-19/h6-9,17-18,21-25,29-30,46-47H,5,10-16,38H2,1-4H3,(H2,39,48)(H,40,54)(H,41,57)(H,42,58)(H,43,55)(H,44,56)(H,45,53)(H,49,50)(H,51,52)(H,59,60)/t17-,18+,21-,22-,23-,24-,25-,29-,30-/m0/s1. The van der Waals surface area contributed by atoms with Gasteiger partial charge >= 0.3 is 17.9 Å². The summed E-state index contributed by atoms with van der Waals surface area (Å²) in [7, 11) is 0. The van der Waals surface area contributed by atoms with Crippen molar-refractivity contribution in [1.29, 1.82) is 0 Å². The zero-order valence-corrected chi connectivity index (χ0v) is 34.9. The maximum Gasteiger partial charge on any atom is 0.326 e. The van der Waals surface area contributed by atoms with E-state index < -0.39 is 139 Å². The van der Waals surface area contributed by atoms with E-state index in [9.17, 15) is 73.5 Å². The van der Waals surface area contributed by atoms with E-state index in [4.69, 9.17) is 11.5 Å². The van der Waals surface area contributed by atoms with Crippen LogP contribution >= 0.6 is 11.8 Å². The fraction of sp³-hybridized carbons (Fsp3) is 0.568. The molecule has 0 aliphatic rings. The Morgan fingerprint density at radius 1 is 0.656 bits per heavy atom. The summed E-state index contributed by atoms with van der Waals surface area (Å²) in [6.07, 6.45) is -2.84. The number of hydrogen-bond donors (Lipinski definition) is 13. The first-order valence-electron chi connectivity index (χ1n) is 19.0. The van der Waals surface area contributed by atoms with Crippen molar-refractivity contribution in [3.8, 4) is 5.75 Å². The number of carbonyl (C=O) groups is 10. The average molecular weight is 885 g/mol. The van der Waals surface area contributed by atoms with Crippen molar-refractivity contribution in [2.45, 2.75) is 114 Å². The van der Waals surface area contributed by atoms with Crippen molar-refractivity contribution >= 4 is 71.0 Å². The molecule has 0 aliphatic carbocycles. The number of aliphatic hydroxyl groups excluding tert-OH is 1. The van der Waals surface area contributed by atoms with Crippen molar-refractivity contribution in [3.05, 3.63) is 29.8 Å². The van der Waals surface area contributed by atoms with Gasteiger partial charge in [-0.25, -0.2) is 4.79 Å². The second kappa shape index (κ2) is 26.3. The molecule has 23 nitrogen and oxygen atoms in total. The van der Waals surface area contributed by atoms with Crippen LogP contribution in [0.3, 0.4) is 0 Å². The lowest BCUT2D eigenvalue weighted by atomic mass is 9.96. The van der Waals surface area contributed by atoms with Crippen molar-refractivity contribution in [2.75, 3.05) is 12.0 Å². The summed E-state index contributed by atoms with van der Waals surface area (Å²) in [4.78, 5) is 127. The third-order valence-corrected chi connectivity index (χ3v) is 9.78. The molecular weight excluding hydrogens is 829 g/mol. The lowest BCUT2D eigenvalue weighted by Gasteiger charge is -2.29. The van der Waals surface area contributed by atoms with Crippen LogP contribution in [0.15, 0.2) is 24.3 Å². The van der Waals surface area contributed by atoms with Crippen LogP contribution in [-0.2, 0) is 54.4 Å². The summed E-state index contributed by atoms with van der Waals surface area (Å²) in [5, 5.41) is 61.9. The van der Waals surface area contributed by atoms with Gasteiger partial charge in [-0.3, -0.25) is 43.2 Å². The van der Waals surface area contributed by atoms with Crippen LogP contribution < -0.4 is 43.4 Å². The van der Waals surface area contributed by atoms with Gasteiger partial charge in [-0.1, -0.05) is 32.4 Å². The maximum absolute atomic E-state index is 13.8. The smallest absolute Gasteiger partial charge is 0.326 e. The van der Waals surface area contributed by atoms with Gasteiger partial charge < -0.3 is 68.9 Å². The van der Waals surface area contributed by atoms with Gasteiger partial charge in [-0.05, 0) is 61.8 Å². The van der Waals surface area contributed by atoms with Crippen LogP contribution in [0.4, 0.5) is 0 Å². The van der Waals surface area contributed by atoms with Crippen LogP contribution in [0.1, 0.15) is 64.9 Å². The molecule has 0 radical (unpaired) electrons. The summed E-state index contributed by atoms with van der Waals surface area (Å²) in [5.74, 6) is -12.5. The molecule has 0 saturated heterocycles. The van der Waals surface area contributed by atoms with Gasteiger partial charge in [0.25, 0.3) is 0 Å². The lowest BCUT2D eigenvalue weighted by Crippen LogP contribution is -2.62. The van der Waals surface area contributed by atoms with Gasteiger partial charge in [0.1, 0.15) is 42.0 Å². The van der Waals surface area contributed by atoms with Crippen molar-refractivity contribution < 1.29 is 73.5 Å². The highest BCUT2D eigenvalue weighted by molar-refractivity contribution is 7.98. The van der Waals surface area contributed by atoms with Gasteiger partial charge in [0, 0.05) is 6.42 Å². The number of primary amides is 1. The number of nitrogens with two attached hydrogens (primary N) is 2. The first-order chi connectivity index (χ1) is 28.5. The second-order valence-corrected chi connectivity index (χ2v) is 15.1. The number of carbonyl (C=O) groups excluding carboxylic acids is 7. The molecule has 0 unspecified atom stereocenters. The Labute approximate surface area is 354 Å². The number of aliphatic hydroxyl groups is 1. The fourth-order valence-corrected chi connectivity index (χ4v) is 5.97. The number of thioether (sulfide) groups is 1. The van der Waals surface area contributed by atoms with Gasteiger partial charge in [-0.2, -0.15) is 11.8 Å². The molecule has 0 spiro atoms. The highest BCUT2D eigenvalue weighted by atomic mass is 32.2. The molecule has 24 heteroatoms. The number of phenolic OH excluding ortho intramolecular Hbond substituents is 1. The summed E-state index contributed by atoms with van der Waals surface area (Å²) in [6, 6.07) is -5.52. The third-order valence-electron chi connectivity index (χ3n) is 9.14. The van der Waals surface area contributed by atoms with Crippen LogP contribution in [0.25, 0.3) is 0 Å². The molecule has 1 aromatic carbocycles. The quantitative estimate of drug-likeness (QED) is 0.0391. The van der Waals surface area contributed by atoms with Crippen LogP contribution in [-0.4, -0.2) is 145 Å². The highest BCUT2D eigenvalue weighted by Gasteiger charge is 2.37. The topological polar surface area (TPSA) is 396 Å². The molecule has 0 bridgehead atoms. The Hall–Kier alpha value is -6.01. The number of aromatic hydroxyl groups is 1. The van der Waals surface area contributed by atoms with E-state index in [2.05, 4.69) is 31.9 Å². The van der Waals surface area contributed by atoms with Gasteiger partial charge in [0.05, 0.1) is 25.0 Å². The predicted octanol–water partition coefficient (Wildman–Crippen LogP) is -3.35. The Bertz CT molecular complexity index is 1730. The van der Waals surface area contributed by atoms with Crippen molar-refractivity contribution in [3.63, 3.8) is 0 Å². The SMILES string of the molecule is CC[C@H](C)[C@H](NC(=O)[C@H](CC(=O)O)NC(=O)[C@@H](NC(=O)[C@@H](N)Cc1ccc(O)cc1)[C@@H](C)O)C(=O)N[C@@H](CCC(=O)O)C(=O)N[C@@H](CCSC)C(=O)N[C@@H](CC(N)=O)C(=O)O. The van der Waals surface area contributed by atoms with E-state index in [1.54, 1.807) is 13.2 Å². The molecule has 61 heavy (non-hydrogen) atoms. The van der Waals surface area contributed by atoms with Crippen LogP contribution in [0, 0.1) is 5.92 Å². The Morgan fingerprint density at radius 3 is 1.64 bits per heavy atom. The highest BCUT2D eigenvalue weighted by Crippen LogP contribution is 2.13. The van der Waals surface area contributed by atoms with Crippen molar-refractivity contribution in [1.82, 2.24) is 31.9 Å². The fourth-order valence-electron chi connectivity index (χ4n) is 5.49. The largest absolute Gasteiger partial charge is 0.508 e. The monoisotopic (exact) mass is 884 g/mol. The van der Waals surface area contributed by atoms with E-state index in [1.165, 1.54) is 43.0 Å². The Kier molecular flexibility index (Phi) is 22.8. The molecule has 7 amide bonds.